The predicted molar refractivity (Wildman–Crippen MR) is 84.1 cm³/mol. The van der Waals surface area contributed by atoms with E-state index in [1.807, 2.05) is 13.8 Å². The van der Waals surface area contributed by atoms with Gasteiger partial charge in [0.1, 0.15) is 11.5 Å². The zero-order chi connectivity index (χ0) is 14.9. The van der Waals surface area contributed by atoms with Gasteiger partial charge >= 0.3 is 0 Å². The van der Waals surface area contributed by atoms with Crippen LogP contribution in [0, 0.1) is 27.7 Å². The monoisotopic (exact) mass is 271 g/mol. The highest BCUT2D eigenvalue weighted by Gasteiger charge is 2.16. The second-order valence-corrected chi connectivity index (χ2v) is 5.84. The van der Waals surface area contributed by atoms with Crippen LogP contribution in [0.2, 0.25) is 0 Å². The lowest BCUT2D eigenvalue weighted by Crippen LogP contribution is -2.23. The first-order valence-corrected chi connectivity index (χ1v) is 7.28. The number of furan rings is 1. The largest absolute Gasteiger partial charge is 0.466 e. The maximum atomic E-state index is 5.63. The molecule has 0 aliphatic rings. The number of rotatable bonds is 4. The maximum absolute atomic E-state index is 5.63. The first kappa shape index (κ1) is 14.9. The van der Waals surface area contributed by atoms with Crippen LogP contribution in [0.1, 0.15) is 59.7 Å². The standard InChI is InChI=1S/C18H25NO/c1-11-7-8-12(2)17(9-11)14(4)19-15(5)18-10-13(3)20-16(18)6/h7-10,14-15,19H,1-6H3. The number of hydrogen-bond acceptors (Lipinski definition) is 2. The average Bonchev–Trinajstić information content (AvgIpc) is 2.71. The lowest BCUT2D eigenvalue weighted by molar-refractivity contribution is 0.468. The molecule has 0 spiro atoms. The molecule has 20 heavy (non-hydrogen) atoms. The van der Waals surface area contributed by atoms with Crippen molar-refractivity contribution in [2.75, 3.05) is 0 Å². The number of benzene rings is 1. The molecule has 2 heteroatoms. The molecule has 2 aromatic rings. The summed E-state index contributed by atoms with van der Waals surface area (Å²) in [4.78, 5) is 0. The molecule has 2 nitrogen and oxygen atoms in total. The molecule has 1 aromatic heterocycles. The first-order chi connectivity index (χ1) is 9.38. The molecule has 0 bridgehead atoms. The van der Waals surface area contributed by atoms with Gasteiger partial charge in [0.15, 0.2) is 0 Å². The minimum Gasteiger partial charge on any atom is -0.466 e. The molecular formula is C18H25NO. The minimum absolute atomic E-state index is 0.280. The molecular weight excluding hydrogens is 246 g/mol. The Morgan fingerprint density at radius 2 is 1.55 bits per heavy atom. The van der Waals surface area contributed by atoms with Gasteiger partial charge in [0.2, 0.25) is 0 Å². The summed E-state index contributed by atoms with van der Waals surface area (Å²) in [5.74, 6) is 1.99. The van der Waals surface area contributed by atoms with Gasteiger partial charge < -0.3 is 9.73 Å². The Morgan fingerprint density at radius 1 is 0.900 bits per heavy atom. The lowest BCUT2D eigenvalue weighted by atomic mass is 9.98. The summed E-state index contributed by atoms with van der Waals surface area (Å²) in [7, 11) is 0. The Morgan fingerprint density at radius 3 is 2.15 bits per heavy atom. The van der Waals surface area contributed by atoms with Crippen molar-refractivity contribution in [3.05, 3.63) is 58.0 Å². The molecule has 1 heterocycles. The average molecular weight is 271 g/mol. The SMILES string of the molecule is Cc1ccc(C)c(C(C)NC(C)c2cc(C)oc2C)c1. The van der Waals surface area contributed by atoms with Crippen molar-refractivity contribution in [2.45, 2.75) is 53.6 Å². The Balaban J connectivity index is 2.17. The van der Waals surface area contributed by atoms with E-state index in [1.165, 1.54) is 22.3 Å². The third-order valence-electron chi connectivity index (χ3n) is 3.95. The highest BCUT2D eigenvalue weighted by atomic mass is 16.3. The Labute approximate surface area is 122 Å². The summed E-state index contributed by atoms with van der Waals surface area (Å²) < 4.78 is 5.63. The van der Waals surface area contributed by atoms with Crippen LogP contribution < -0.4 is 5.32 Å². The molecule has 1 aromatic carbocycles. The third kappa shape index (κ3) is 3.13. The summed E-state index contributed by atoms with van der Waals surface area (Å²) in [6, 6.07) is 9.36. The summed E-state index contributed by atoms with van der Waals surface area (Å²) in [6.07, 6.45) is 0. The zero-order valence-electron chi connectivity index (χ0n) is 13.4. The molecule has 1 N–H and O–H groups in total. The second-order valence-electron chi connectivity index (χ2n) is 5.84. The molecule has 2 rings (SSSR count). The van der Waals surface area contributed by atoms with Crippen LogP contribution in [-0.4, -0.2) is 0 Å². The fourth-order valence-electron chi connectivity index (χ4n) is 2.86. The molecule has 0 aliphatic carbocycles. The zero-order valence-corrected chi connectivity index (χ0v) is 13.4. The predicted octanol–water partition coefficient (Wildman–Crippen LogP) is 4.93. The van der Waals surface area contributed by atoms with Crippen LogP contribution in [0.5, 0.6) is 0 Å². The van der Waals surface area contributed by atoms with Crippen LogP contribution in [0.4, 0.5) is 0 Å². The van der Waals surface area contributed by atoms with Gasteiger partial charge in [-0.15, -0.1) is 0 Å². The van der Waals surface area contributed by atoms with E-state index in [-0.39, 0.29) is 6.04 Å². The van der Waals surface area contributed by atoms with Gasteiger partial charge in [0.25, 0.3) is 0 Å². The van der Waals surface area contributed by atoms with Crippen LogP contribution in [0.25, 0.3) is 0 Å². The van der Waals surface area contributed by atoms with Gasteiger partial charge in [0, 0.05) is 17.6 Å². The van der Waals surface area contributed by atoms with E-state index in [0.717, 1.165) is 11.5 Å². The summed E-state index contributed by atoms with van der Waals surface area (Å²) in [5, 5.41) is 3.67. The van der Waals surface area contributed by atoms with E-state index >= 15 is 0 Å². The van der Waals surface area contributed by atoms with Crippen LogP contribution in [-0.2, 0) is 0 Å². The van der Waals surface area contributed by atoms with Crippen molar-refractivity contribution in [3.8, 4) is 0 Å². The van der Waals surface area contributed by atoms with E-state index in [0.29, 0.717) is 6.04 Å². The number of hydrogen-bond donors (Lipinski definition) is 1. The number of nitrogens with one attached hydrogen (secondary N) is 1. The smallest absolute Gasteiger partial charge is 0.105 e. The van der Waals surface area contributed by atoms with E-state index in [2.05, 4.69) is 57.3 Å². The Hall–Kier alpha value is -1.54. The van der Waals surface area contributed by atoms with Crippen molar-refractivity contribution in [1.82, 2.24) is 5.32 Å². The fraction of sp³-hybridized carbons (Fsp3) is 0.444. The highest BCUT2D eigenvalue weighted by Crippen LogP contribution is 2.26. The van der Waals surface area contributed by atoms with Crippen molar-refractivity contribution in [3.63, 3.8) is 0 Å². The molecule has 2 atom stereocenters. The van der Waals surface area contributed by atoms with Crippen molar-refractivity contribution < 1.29 is 4.42 Å². The van der Waals surface area contributed by atoms with Gasteiger partial charge in [-0.2, -0.15) is 0 Å². The Bertz CT molecular complexity index is 597. The molecule has 0 radical (unpaired) electrons. The van der Waals surface area contributed by atoms with Gasteiger partial charge in [0.05, 0.1) is 0 Å². The summed E-state index contributed by atoms with van der Waals surface area (Å²) >= 11 is 0. The first-order valence-electron chi connectivity index (χ1n) is 7.28. The van der Waals surface area contributed by atoms with Crippen molar-refractivity contribution in [1.29, 1.82) is 0 Å². The topological polar surface area (TPSA) is 25.2 Å². The van der Waals surface area contributed by atoms with Gasteiger partial charge in [-0.25, -0.2) is 0 Å². The molecule has 2 unspecified atom stereocenters. The molecule has 0 aliphatic heterocycles. The lowest BCUT2D eigenvalue weighted by Gasteiger charge is -2.22. The summed E-state index contributed by atoms with van der Waals surface area (Å²) in [5.41, 5.74) is 5.26. The van der Waals surface area contributed by atoms with E-state index in [9.17, 15) is 0 Å². The van der Waals surface area contributed by atoms with Crippen LogP contribution in [0.3, 0.4) is 0 Å². The van der Waals surface area contributed by atoms with E-state index in [1.54, 1.807) is 0 Å². The summed E-state index contributed by atoms with van der Waals surface area (Å²) in [6.45, 7) is 12.8. The van der Waals surface area contributed by atoms with Crippen molar-refractivity contribution >= 4 is 0 Å². The third-order valence-corrected chi connectivity index (χ3v) is 3.95. The molecule has 108 valence electrons. The minimum atomic E-state index is 0.280. The van der Waals surface area contributed by atoms with Crippen LogP contribution in [0.15, 0.2) is 28.7 Å². The number of aryl methyl sites for hydroxylation is 4. The van der Waals surface area contributed by atoms with Crippen molar-refractivity contribution in [2.24, 2.45) is 0 Å². The second kappa shape index (κ2) is 5.84. The quantitative estimate of drug-likeness (QED) is 0.853. The molecule has 0 saturated carbocycles. The van der Waals surface area contributed by atoms with Gasteiger partial charge in [-0.1, -0.05) is 23.8 Å². The maximum Gasteiger partial charge on any atom is 0.105 e. The molecule has 0 fully saturated rings. The van der Waals surface area contributed by atoms with Crippen LogP contribution >= 0.6 is 0 Å². The molecule has 0 saturated heterocycles. The normalized spacial score (nSPS) is 14.3. The highest BCUT2D eigenvalue weighted by molar-refractivity contribution is 5.33. The van der Waals surface area contributed by atoms with Gasteiger partial charge in [-0.3, -0.25) is 0 Å². The fourth-order valence-corrected chi connectivity index (χ4v) is 2.86. The Kier molecular flexibility index (Phi) is 4.34. The molecule has 0 amide bonds. The van der Waals surface area contributed by atoms with Gasteiger partial charge in [-0.05, 0) is 58.7 Å². The van der Waals surface area contributed by atoms with E-state index < -0.39 is 0 Å². The van der Waals surface area contributed by atoms with E-state index in [4.69, 9.17) is 4.42 Å².